The van der Waals surface area contributed by atoms with Crippen molar-refractivity contribution in [2.24, 2.45) is 5.92 Å². The monoisotopic (exact) mass is 321 g/mol. The van der Waals surface area contributed by atoms with Crippen LogP contribution in [0.2, 0.25) is 0 Å². The molecule has 2 unspecified atom stereocenters. The maximum absolute atomic E-state index is 3.57. The zero-order chi connectivity index (χ0) is 13.2. The molecule has 2 heteroatoms. The Hall–Kier alpha value is -0.500. The van der Waals surface area contributed by atoms with Crippen molar-refractivity contribution in [3.8, 4) is 0 Å². The van der Waals surface area contributed by atoms with Crippen molar-refractivity contribution in [3.63, 3.8) is 0 Å². The number of alkyl halides is 1. The highest BCUT2D eigenvalue weighted by Crippen LogP contribution is 2.38. The number of benzene rings is 1. The average molecular weight is 322 g/mol. The van der Waals surface area contributed by atoms with Gasteiger partial charge in [-0.15, -0.1) is 0 Å². The van der Waals surface area contributed by atoms with Crippen molar-refractivity contribution >= 4 is 21.6 Å². The minimum Gasteiger partial charge on any atom is -0.368 e. The van der Waals surface area contributed by atoms with E-state index in [0.717, 1.165) is 17.3 Å². The fraction of sp³-hybridized carbons (Fsp3) is 0.647. The summed E-state index contributed by atoms with van der Waals surface area (Å²) >= 11 is 3.57. The molecule has 1 nitrogen and oxygen atoms in total. The number of hydrogen-bond acceptors (Lipinski definition) is 1. The fourth-order valence-electron chi connectivity index (χ4n) is 3.95. The molecular weight excluding hydrogens is 298 g/mol. The zero-order valence-electron chi connectivity index (χ0n) is 11.9. The van der Waals surface area contributed by atoms with Gasteiger partial charge in [-0.05, 0) is 61.8 Å². The lowest BCUT2D eigenvalue weighted by Gasteiger charge is -2.45. The molecule has 0 bridgehead atoms. The van der Waals surface area contributed by atoms with Crippen molar-refractivity contribution < 1.29 is 0 Å². The van der Waals surface area contributed by atoms with Gasteiger partial charge >= 0.3 is 0 Å². The first-order valence-electron chi connectivity index (χ1n) is 7.71. The zero-order valence-corrected chi connectivity index (χ0v) is 13.5. The van der Waals surface area contributed by atoms with Gasteiger partial charge in [0, 0.05) is 23.6 Å². The normalized spacial score (nSPS) is 27.2. The van der Waals surface area contributed by atoms with Crippen molar-refractivity contribution in [1.29, 1.82) is 0 Å². The Labute approximate surface area is 125 Å². The van der Waals surface area contributed by atoms with Crippen LogP contribution in [-0.2, 0) is 5.33 Å². The maximum Gasteiger partial charge on any atom is 0.0371 e. The van der Waals surface area contributed by atoms with E-state index in [4.69, 9.17) is 0 Å². The van der Waals surface area contributed by atoms with Gasteiger partial charge in [-0.3, -0.25) is 0 Å². The lowest BCUT2D eigenvalue weighted by Crippen LogP contribution is -2.46. The molecule has 104 valence electrons. The average Bonchev–Trinajstić information content (AvgIpc) is 2.46. The highest BCUT2D eigenvalue weighted by Gasteiger charge is 2.33. The van der Waals surface area contributed by atoms with E-state index in [1.165, 1.54) is 61.9 Å². The number of halogens is 1. The smallest absolute Gasteiger partial charge is 0.0371 e. The Morgan fingerprint density at radius 1 is 1.16 bits per heavy atom. The van der Waals surface area contributed by atoms with Crippen LogP contribution in [0.15, 0.2) is 18.2 Å². The summed E-state index contributed by atoms with van der Waals surface area (Å²) in [5.41, 5.74) is 4.30. The Bertz CT molecular complexity index is 441. The number of rotatable bonds is 2. The van der Waals surface area contributed by atoms with Crippen LogP contribution in [0.4, 0.5) is 5.69 Å². The van der Waals surface area contributed by atoms with E-state index in [1.807, 2.05) is 0 Å². The van der Waals surface area contributed by atoms with Gasteiger partial charge in [-0.1, -0.05) is 34.8 Å². The maximum atomic E-state index is 3.57. The second-order valence-electron chi connectivity index (χ2n) is 6.19. The number of aryl methyl sites for hydroxylation is 1. The first-order valence-corrected chi connectivity index (χ1v) is 8.84. The molecule has 0 amide bonds. The largest absolute Gasteiger partial charge is 0.368 e. The van der Waals surface area contributed by atoms with Gasteiger partial charge in [0.15, 0.2) is 0 Å². The van der Waals surface area contributed by atoms with Crippen LogP contribution in [0.1, 0.15) is 49.7 Å². The SMILES string of the molecule is Cc1cc(N2CCCC3CCCCC32)ccc1CBr. The number of nitrogens with zero attached hydrogens (tertiary/aromatic N) is 1. The van der Waals surface area contributed by atoms with Crippen LogP contribution in [0, 0.1) is 12.8 Å². The Morgan fingerprint density at radius 2 is 1.95 bits per heavy atom. The first kappa shape index (κ1) is 13.5. The van der Waals surface area contributed by atoms with E-state index >= 15 is 0 Å². The van der Waals surface area contributed by atoms with E-state index in [9.17, 15) is 0 Å². The third-order valence-corrected chi connectivity index (χ3v) is 5.65. The predicted molar refractivity (Wildman–Crippen MR) is 86.1 cm³/mol. The molecule has 0 N–H and O–H groups in total. The lowest BCUT2D eigenvalue weighted by atomic mass is 9.78. The molecule has 1 saturated carbocycles. The van der Waals surface area contributed by atoms with Crippen molar-refractivity contribution in [1.82, 2.24) is 0 Å². The first-order chi connectivity index (χ1) is 9.29. The molecular formula is C17H24BrN. The summed E-state index contributed by atoms with van der Waals surface area (Å²) in [6.45, 7) is 3.50. The molecule has 0 radical (unpaired) electrons. The Morgan fingerprint density at radius 3 is 2.74 bits per heavy atom. The molecule has 1 heterocycles. The van der Waals surface area contributed by atoms with Crippen LogP contribution in [0.3, 0.4) is 0 Å². The number of piperidine rings is 1. The van der Waals surface area contributed by atoms with E-state index < -0.39 is 0 Å². The number of hydrogen-bond donors (Lipinski definition) is 0. The van der Waals surface area contributed by atoms with Crippen molar-refractivity contribution in [2.75, 3.05) is 11.4 Å². The van der Waals surface area contributed by atoms with E-state index in [0.29, 0.717) is 0 Å². The summed E-state index contributed by atoms with van der Waals surface area (Å²) in [7, 11) is 0. The van der Waals surface area contributed by atoms with Gasteiger partial charge in [0.05, 0.1) is 0 Å². The minimum atomic E-state index is 0.816. The molecule has 19 heavy (non-hydrogen) atoms. The molecule has 2 aliphatic rings. The molecule has 1 aromatic rings. The van der Waals surface area contributed by atoms with Gasteiger partial charge in [-0.2, -0.15) is 0 Å². The van der Waals surface area contributed by atoms with Crippen LogP contribution in [0.5, 0.6) is 0 Å². The van der Waals surface area contributed by atoms with E-state index in [-0.39, 0.29) is 0 Å². The molecule has 0 spiro atoms. The molecule has 2 fully saturated rings. The van der Waals surface area contributed by atoms with Crippen LogP contribution >= 0.6 is 15.9 Å². The Balaban J connectivity index is 1.85. The summed E-state index contributed by atoms with van der Waals surface area (Å²) in [6, 6.07) is 7.84. The summed E-state index contributed by atoms with van der Waals surface area (Å²) in [5.74, 6) is 0.957. The topological polar surface area (TPSA) is 3.24 Å². The van der Waals surface area contributed by atoms with Crippen LogP contribution in [-0.4, -0.2) is 12.6 Å². The quantitative estimate of drug-likeness (QED) is 0.689. The van der Waals surface area contributed by atoms with Gasteiger partial charge < -0.3 is 4.90 Å². The lowest BCUT2D eigenvalue weighted by molar-refractivity contribution is 0.244. The van der Waals surface area contributed by atoms with Gasteiger partial charge in [-0.25, -0.2) is 0 Å². The second-order valence-corrected chi connectivity index (χ2v) is 6.75. The highest BCUT2D eigenvalue weighted by atomic mass is 79.9. The summed E-state index contributed by atoms with van der Waals surface area (Å²) in [5, 5.41) is 0.963. The molecule has 1 aliphatic carbocycles. The van der Waals surface area contributed by atoms with E-state index in [2.05, 4.69) is 46.0 Å². The van der Waals surface area contributed by atoms with E-state index in [1.54, 1.807) is 0 Å². The molecule has 1 saturated heterocycles. The van der Waals surface area contributed by atoms with Crippen molar-refractivity contribution in [2.45, 2.75) is 56.8 Å². The molecule has 0 aromatic heterocycles. The number of anilines is 1. The second kappa shape index (κ2) is 5.87. The van der Waals surface area contributed by atoms with Gasteiger partial charge in [0.1, 0.15) is 0 Å². The van der Waals surface area contributed by atoms with Gasteiger partial charge in [0.25, 0.3) is 0 Å². The molecule has 2 atom stereocenters. The van der Waals surface area contributed by atoms with Gasteiger partial charge in [0.2, 0.25) is 0 Å². The molecule has 1 aromatic carbocycles. The highest BCUT2D eigenvalue weighted by molar-refractivity contribution is 9.08. The predicted octanol–water partition coefficient (Wildman–Crippen LogP) is 5.05. The van der Waals surface area contributed by atoms with Crippen LogP contribution in [0.25, 0.3) is 0 Å². The third kappa shape index (κ3) is 2.69. The minimum absolute atomic E-state index is 0.816. The van der Waals surface area contributed by atoms with Crippen molar-refractivity contribution in [3.05, 3.63) is 29.3 Å². The third-order valence-electron chi connectivity index (χ3n) is 5.05. The van der Waals surface area contributed by atoms with Crippen LogP contribution < -0.4 is 4.90 Å². The summed E-state index contributed by atoms with van der Waals surface area (Å²) < 4.78 is 0. The summed E-state index contributed by atoms with van der Waals surface area (Å²) in [6.07, 6.45) is 8.58. The molecule has 1 aliphatic heterocycles. The molecule has 3 rings (SSSR count). The Kier molecular flexibility index (Phi) is 4.16. The standard InChI is InChI=1S/C17H24BrN/c1-13-11-16(9-8-15(13)12-18)19-10-4-6-14-5-2-3-7-17(14)19/h8-9,11,14,17H,2-7,10,12H2,1H3. The fourth-order valence-corrected chi connectivity index (χ4v) is 4.58. The summed E-state index contributed by atoms with van der Waals surface area (Å²) in [4.78, 5) is 2.71. The number of fused-ring (bicyclic) bond motifs is 1.